The molecular weight excluding hydrogens is 347 g/mol. The highest BCUT2D eigenvalue weighted by Crippen LogP contribution is 2.33. The second kappa shape index (κ2) is 6.95. The van der Waals surface area contributed by atoms with Crippen molar-refractivity contribution >= 4 is 6.03 Å². The lowest BCUT2D eigenvalue weighted by Gasteiger charge is -2.07. The van der Waals surface area contributed by atoms with E-state index in [1.165, 1.54) is 36.9 Å². The molecule has 3 aromatic rings. The highest BCUT2D eigenvalue weighted by Gasteiger charge is 2.30. The quantitative estimate of drug-likeness (QED) is 0.774. The molecule has 0 aliphatic carbocycles. The minimum Gasteiger partial charge on any atom is -0.336 e. The van der Waals surface area contributed by atoms with E-state index in [9.17, 15) is 18.0 Å². The molecule has 0 aliphatic rings. The Hall–Kier alpha value is -3.23. The fraction of sp³-hybridized carbons (Fsp3) is 0.176. The van der Waals surface area contributed by atoms with Crippen molar-refractivity contribution in [1.29, 1.82) is 0 Å². The summed E-state index contributed by atoms with van der Waals surface area (Å²) in [6.07, 6.45) is 1.52. The first-order chi connectivity index (χ1) is 12.4. The number of nitrogens with one attached hydrogen (secondary N) is 1. The largest absolute Gasteiger partial charge is 0.416 e. The van der Waals surface area contributed by atoms with Crippen molar-refractivity contribution in [3.63, 3.8) is 0 Å². The van der Waals surface area contributed by atoms with Gasteiger partial charge in [-0.15, -0.1) is 0 Å². The van der Waals surface area contributed by atoms with Crippen LogP contribution in [0.15, 0.2) is 49.1 Å². The van der Waals surface area contributed by atoms with Crippen LogP contribution in [0.5, 0.6) is 0 Å². The Labute approximate surface area is 146 Å². The van der Waals surface area contributed by atoms with Gasteiger partial charge in [0.15, 0.2) is 0 Å². The highest BCUT2D eigenvalue weighted by atomic mass is 19.4. The number of carbonyl (C=O) groups excluding carboxylic acids is 1. The van der Waals surface area contributed by atoms with Gasteiger partial charge < -0.3 is 5.32 Å². The van der Waals surface area contributed by atoms with Gasteiger partial charge in [-0.05, 0) is 19.1 Å². The zero-order valence-electron chi connectivity index (χ0n) is 13.7. The number of rotatable bonds is 3. The maximum Gasteiger partial charge on any atom is 0.416 e. The molecule has 2 heterocycles. The van der Waals surface area contributed by atoms with Crippen LogP contribution in [-0.4, -0.2) is 32.3 Å². The molecule has 0 atom stereocenters. The molecule has 0 radical (unpaired) electrons. The van der Waals surface area contributed by atoms with Crippen LogP contribution in [-0.2, 0) is 6.18 Å². The average molecular weight is 361 g/mol. The molecule has 1 N–H and O–H groups in total. The van der Waals surface area contributed by atoms with Gasteiger partial charge >= 0.3 is 12.2 Å². The Morgan fingerprint density at radius 2 is 1.92 bits per heavy atom. The number of carbonyl (C=O) groups is 1. The highest BCUT2D eigenvalue weighted by molar-refractivity contribution is 5.83. The number of aromatic nitrogens is 4. The fourth-order valence-corrected chi connectivity index (χ4v) is 2.37. The van der Waals surface area contributed by atoms with E-state index in [2.05, 4.69) is 20.4 Å². The second-order valence-electron chi connectivity index (χ2n) is 5.34. The number of halogens is 3. The van der Waals surface area contributed by atoms with Gasteiger partial charge in [0.1, 0.15) is 5.69 Å². The summed E-state index contributed by atoms with van der Waals surface area (Å²) in [5, 5.41) is 6.83. The van der Waals surface area contributed by atoms with Crippen molar-refractivity contribution in [1.82, 2.24) is 25.1 Å². The predicted molar refractivity (Wildman–Crippen MR) is 88.2 cm³/mol. The lowest BCUT2D eigenvalue weighted by Crippen LogP contribution is -2.28. The van der Waals surface area contributed by atoms with E-state index in [0.717, 1.165) is 16.8 Å². The molecule has 0 spiro atoms. The van der Waals surface area contributed by atoms with E-state index in [0.29, 0.717) is 29.1 Å². The zero-order valence-corrected chi connectivity index (χ0v) is 13.7. The van der Waals surface area contributed by atoms with Crippen LogP contribution in [0.3, 0.4) is 0 Å². The molecular formula is C17H14F3N5O. The third-order valence-corrected chi connectivity index (χ3v) is 3.58. The first-order valence-electron chi connectivity index (χ1n) is 7.72. The lowest BCUT2D eigenvalue weighted by atomic mass is 10.0. The monoisotopic (exact) mass is 361 g/mol. The van der Waals surface area contributed by atoms with Crippen LogP contribution in [0, 0.1) is 0 Å². The number of hydrogen-bond acceptors (Lipinski definition) is 4. The van der Waals surface area contributed by atoms with Gasteiger partial charge in [0.2, 0.25) is 0 Å². The summed E-state index contributed by atoms with van der Waals surface area (Å²) in [6, 6.07) is 4.12. The van der Waals surface area contributed by atoms with E-state index >= 15 is 0 Å². The number of alkyl halides is 3. The molecule has 134 valence electrons. The van der Waals surface area contributed by atoms with E-state index in [-0.39, 0.29) is 0 Å². The van der Waals surface area contributed by atoms with E-state index < -0.39 is 17.8 Å². The molecule has 3 rings (SSSR count). The van der Waals surface area contributed by atoms with Crippen LogP contribution in [0.2, 0.25) is 0 Å². The Bertz CT molecular complexity index is 904. The third-order valence-electron chi connectivity index (χ3n) is 3.58. The van der Waals surface area contributed by atoms with E-state index in [1.807, 2.05) is 0 Å². The zero-order chi connectivity index (χ0) is 18.7. The van der Waals surface area contributed by atoms with Crippen LogP contribution < -0.4 is 5.32 Å². The smallest absolute Gasteiger partial charge is 0.336 e. The topological polar surface area (TPSA) is 72.7 Å². The van der Waals surface area contributed by atoms with Crippen molar-refractivity contribution in [2.45, 2.75) is 13.1 Å². The van der Waals surface area contributed by atoms with Crippen LogP contribution in [0.4, 0.5) is 18.0 Å². The predicted octanol–water partition coefficient (Wildman–Crippen LogP) is 3.60. The molecule has 9 heteroatoms. The second-order valence-corrected chi connectivity index (χ2v) is 5.34. The Morgan fingerprint density at radius 1 is 1.19 bits per heavy atom. The summed E-state index contributed by atoms with van der Waals surface area (Å²) >= 11 is 0. The third kappa shape index (κ3) is 3.56. The molecule has 0 saturated carbocycles. The fourth-order valence-electron chi connectivity index (χ4n) is 2.37. The normalized spacial score (nSPS) is 11.4. The average Bonchev–Trinajstić information content (AvgIpc) is 3.07. The van der Waals surface area contributed by atoms with Crippen LogP contribution >= 0.6 is 0 Å². The number of nitrogens with zero attached hydrogens (tertiary/aromatic N) is 4. The van der Waals surface area contributed by atoms with Gasteiger partial charge in [-0.2, -0.15) is 23.0 Å². The van der Waals surface area contributed by atoms with Crippen molar-refractivity contribution < 1.29 is 18.0 Å². The standard InChI is InChI=1S/C17H14F3N5O/c1-2-22-16(26)25-10-13(14-9-21-7-8-23-14)15(24-25)11-3-5-12(6-4-11)17(18,19)20/h3-10H,2H2,1H3,(H,22,26). The summed E-state index contributed by atoms with van der Waals surface area (Å²) in [6.45, 7) is 2.18. The Kier molecular flexibility index (Phi) is 4.70. The first kappa shape index (κ1) is 17.6. The number of hydrogen-bond donors (Lipinski definition) is 1. The molecule has 0 aliphatic heterocycles. The lowest BCUT2D eigenvalue weighted by molar-refractivity contribution is -0.137. The van der Waals surface area contributed by atoms with Gasteiger partial charge in [0.25, 0.3) is 0 Å². The molecule has 26 heavy (non-hydrogen) atoms. The molecule has 1 aromatic carbocycles. The molecule has 1 amide bonds. The summed E-state index contributed by atoms with van der Waals surface area (Å²) in [7, 11) is 0. The molecule has 0 saturated heterocycles. The van der Waals surface area contributed by atoms with Crippen molar-refractivity contribution in [3.8, 4) is 22.5 Å². The van der Waals surface area contributed by atoms with E-state index in [4.69, 9.17) is 0 Å². The molecule has 0 fully saturated rings. The SMILES string of the molecule is CCNC(=O)n1cc(-c2cnccn2)c(-c2ccc(C(F)(F)F)cc2)n1. The van der Waals surface area contributed by atoms with Gasteiger partial charge in [-0.3, -0.25) is 9.97 Å². The minimum atomic E-state index is -4.42. The molecule has 6 nitrogen and oxygen atoms in total. The number of amides is 1. The maximum absolute atomic E-state index is 12.8. The summed E-state index contributed by atoms with van der Waals surface area (Å²) in [4.78, 5) is 20.2. The van der Waals surface area contributed by atoms with Gasteiger partial charge in [-0.1, -0.05) is 12.1 Å². The molecule has 2 aromatic heterocycles. The van der Waals surface area contributed by atoms with Gasteiger partial charge in [0.05, 0.1) is 17.5 Å². The summed E-state index contributed by atoms with van der Waals surface area (Å²) in [5.74, 6) is 0. The summed E-state index contributed by atoms with van der Waals surface area (Å²) < 4.78 is 39.4. The van der Waals surface area contributed by atoms with Crippen LogP contribution in [0.1, 0.15) is 12.5 Å². The van der Waals surface area contributed by atoms with Crippen molar-refractivity contribution in [3.05, 3.63) is 54.6 Å². The molecule has 0 bridgehead atoms. The van der Waals surface area contributed by atoms with Crippen molar-refractivity contribution in [2.75, 3.05) is 6.54 Å². The van der Waals surface area contributed by atoms with Gasteiger partial charge in [-0.25, -0.2) is 4.79 Å². The Balaban J connectivity index is 2.09. The van der Waals surface area contributed by atoms with E-state index in [1.54, 1.807) is 6.92 Å². The van der Waals surface area contributed by atoms with Gasteiger partial charge in [0, 0.05) is 36.3 Å². The Morgan fingerprint density at radius 3 is 2.50 bits per heavy atom. The van der Waals surface area contributed by atoms with Crippen molar-refractivity contribution in [2.24, 2.45) is 0 Å². The van der Waals surface area contributed by atoms with Crippen LogP contribution in [0.25, 0.3) is 22.5 Å². The molecule has 0 unspecified atom stereocenters. The first-order valence-corrected chi connectivity index (χ1v) is 7.72. The number of benzene rings is 1. The maximum atomic E-state index is 12.8. The minimum absolute atomic E-state index is 0.338. The summed E-state index contributed by atoms with van der Waals surface area (Å²) in [5.41, 5.74) is 0.958.